The fraction of sp³-hybridized carbons (Fsp3) is 0.174. The molecule has 7 heteroatoms. The zero-order valence-corrected chi connectivity index (χ0v) is 18.3. The first-order valence-corrected chi connectivity index (χ1v) is 10.9. The second kappa shape index (κ2) is 8.77. The average Bonchev–Trinajstić information content (AvgIpc) is 3.29. The fourth-order valence-electron chi connectivity index (χ4n) is 3.24. The Morgan fingerprint density at radius 3 is 2.67 bits per heavy atom. The number of aryl methyl sites for hydroxylation is 2. The van der Waals surface area contributed by atoms with Crippen LogP contribution in [0.25, 0.3) is 6.08 Å². The number of hydrogen-bond acceptors (Lipinski definition) is 5. The summed E-state index contributed by atoms with van der Waals surface area (Å²) in [5.74, 6) is 0.600. The molecule has 1 saturated heterocycles. The summed E-state index contributed by atoms with van der Waals surface area (Å²) in [4.78, 5) is 18.9. The molecule has 30 heavy (non-hydrogen) atoms. The molecule has 1 N–H and O–H groups in total. The first-order valence-electron chi connectivity index (χ1n) is 9.64. The molecule has 0 saturated carbocycles. The second-order valence-electron chi connectivity index (χ2n) is 6.83. The standard InChI is InChI=1S/C23H21N3O2S2/c1-3-17-6-4-5-7-21(17)26-22(27)20(25-23(26)29)12-16-8-10-19(11-9-16)28-13-18-14-30-15(2)24-18/h4-12,14H,3,13H2,1-2H3,(H,25,29). The molecule has 4 rings (SSSR count). The molecule has 1 amide bonds. The first kappa shape index (κ1) is 20.3. The minimum atomic E-state index is -0.153. The molecule has 152 valence electrons. The van der Waals surface area contributed by atoms with Crippen LogP contribution in [0.5, 0.6) is 5.75 Å². The van der Waals surface area contributed by atoms with E-state index in [0.717, 1.165) is 39.7 Å². The van der Waals surface area contributed by atoms with Crippen LogP contribution in [-0.2, 0) is 17.8 Å². The third-order valence-electron chi connectivity index (χ3n) is 4.74. The van der Waals surface area contributed by atoms with Gasteiger partial charge in [-0.3, -0.25) is 9.69 Å². The maximum absolute atomic E-state index is 13.0. The van der Waals surface area contributed by atoms with Crippen LogP contribution < -0.4 is 15.0 Å². The molecule has 0 atom stereocenters. The number of thiazole rings is 1. The number of nitrogens with one attached hydrogen (secondary N) is 1. The van der Waals surface area contributed by atoms with Crippen LogP contribution in [0.4, 0.5) is 5.69 Å². The highest BCUT2D eigenvalue weighted by Gasteiger charge is 2.32. The molecule has 1 aliphatic heterocycles. The van der Waals surface area contributed by atoms with Crippen molar-refractivity contribution in [1.29, 1.82) is 0 Å². The number of rotatable bonds is 6. The van der Waals surface area contributed by atoms with Crippen molar-refractivity contribution < 1.29 is 9.53 Å². The van der Waals surface area contributed by atoms with Gasteiger partial charge in [-0.25, -0.2) is 4.98 Å². The maximum Gasteiger partial charge on any atom is 0.281 e. The van der Waals surface area contributed by atoms with Crippen LogP contribution >= 0.6 is 23.6 Å². The van der Waals surface area contributed by atoms with Gasteiger partial charge in [0.25, 0.3) is 5.91 Å². The molecule has 1 fully saturated rings. The first-order chi connectivity index (χ1) is 14.5. The van der Waals surface area contributed by atoms with E-state index in [0.29, 0.717) is 17.4 Å². The number of para-hydroxylation sites is 1. The summed E-state index contributed by atoms with van der Waals surface area (Å²) in [6.45, 7) is 4.47. The van der Waals surface area contributed by atoms with Crippen LogP contribution in [0.2, 0.25) is 0 Å². The highest BCUT2D eigenvalue weighted by atomic mass is 32.1. The number of hydrogen-bond donors (Lipinski definition) is 1. The van der Waals surface area contributed by atoms with E-state index in [2.05, 4.69) is 17.2 Å². The topological polar surface area (TPSA) is 54.5 Å². The average molecular weight is 436 g/mol. The number of carbonyl (C=O) groups is 1. The Labute approximate surface area is 185 Å². The summed E-state index contributed by atoms with van der Waals surface area (Å²) in [5, 5.41) is 6.46. The molecular formula is C23H21N3O2S2. The number of aromatic nitrogens is 1. The van der Waals surface area contributed by atoms with Crippen molar-refractivity contribution in [3.8, 4) is 5.75 Å². The van der Waals surface area contributed by atoms with Crippen LogP contribution in [0.1, 0.15) is 28.8 Å². The summed E-state index contributed by atoms with van der Waals surface area (Å²) < 4.78 is 5.78. The van der Waals surface area contributed by atoms with E-state index in [9.17, 15) is 4.79 Å². The number of thiocarbonyl (C=S) groups is 1. The lowest BCUT2D eigenvalue weighted by molar-refractivity contribution is -0.113. The Bertz CT molecular complexity index is 1120. The molecule has 2 heterocycles. The Morgan fingerprint density at radius 1 is 1.20 bits per heavy atom. The summed E-state index contributed by atoms with van der Waals surface area (Å²) in [7, 11) is 0. The number of ether oxygens (including phenoxy) is 1. The third kappa shape index (κ3) is 4.27. The second-order valence-corrected chi connectivity index (χ2v) is 8.28. The highest BCUT2D eigenvalue weighted by Crippen LogP contribution is 2.27. The van der Waals surface area contributed by atoms with Crippen molar-refractivity contribution in [2.45, 2.75) is 26.9 Å². The van der Waals surface area contributed by atoms with Crippen molar-refractivity contribution in [1.82, 2.24) is 10.3 Å². The van der Waals surface area contributed by atoms with Gasteiger partial charge < -0.3 is 10.1 Å². The lowest BCUT2D eigenvalue weighted by Gasteiger charge is -2.17. The van der Waals surface area contributed by atoms with Gasteiger partial charge in [0.15, 0.2) is 5.11 Å². The predicted molar refractivity (Wildman–Crippen MR) is 125 cm³/mol. The molecule has 1 aliphatic rings. The van der Waals surface area contributed by atoms with E-state index in [1.165, 1.54) is 0 Å². The van der Waals surface area contributed by atoms with Crippen molar-refractivity contribution in [2.24, 2.45) is 0 Å². The van der Waals surface area contributed by atoms with Crippen LogP contribution in [0.15, 0.2) is 59.6 Å². The molecule has 0 aliphatic carbocycles. The van der Waals surface area contributed by atoms with Crippen molar-refractivity contribution in [3.05, 3.63) is 81.4 Å². The molecule has 0 unspecified atom stereocenters. The maximum atomic E-state index is 13.0. The van der Waals surface area contributed by atoms with E-state index < -0.39 is 0 Å². The smallest absolute Gasteiger partial charge is 0.281 e. The van der Waals surface area contributed by atoms with Crippen LogP contribution in [0, 0.1) is 6.92 Å². The van der Waals surface area contributed by atoms with Gasteiger partial charge in [-0.05, 0) is 61.0 Å². The number of anilines is 1. The van der Waals surface area contributed by atoms with Crippen molar-refractivity contribution >= 4 is 46.3 Å². The number of carbonyl (C=O) groups excluding carboxylic acids is 1. The zero-order chi connectivity index (χ0) is 21.1. The van der Waals surface area contributed by atoms with Crippen LogP contribution in [-0.4, -0.2) is 16.0 Å². The van der Waals surface area contributed by atoms with E-state index in [1.807, 2.05) is 60.8 Å². The summed E-state index contributed by atoms with van der Waals surface area (Å²) in [5.41, 5.74) is 4.17. The van der Waals surface area contributed by atoms with E-state index in [1.54, 1.807) is 22.3 Å². The van der Waals surface area contributed by atoms with Gasteiger partial charge in [0.2, 0.25) is 0 Å². The lowest BCUT2D eigenvalue weighted by Crippen LogP contribution is -2.31. The molecule has 0 spiro atoms. The molecular weight excluding hydrogens is 414 g/mol. The molecule has 2 aromatic carbocycles. The van der Waals surface area contributed by atoms with Gasteiger partial charge in [-0.2, -0.15) is 0 Å². The van der Waals surface area contributed by atoms with Gasteiger partial charge in [-0.15, -0.1) is 11.3 Å². The quantitative estimate of drug-likeness (QED) is 0.443. The third-order valence-corrected chi connectivity index (χ3v) is 5.84. The van der Waals surface area contributed by atoms with Crippen LogP contribution in [0.3, 0.4) is 0 Å². The molecule has 1 aromatic heterocycles. The fourth-order valence-corrected chi connectivity index (χ4v) is 4.13. The summed E-state index contributed by atoms with van der Waals surface area (Å²) in [6, 6.07) is 15.4. The van der Waals surface area contributed by atoms with E-state index in [4.69, 9.17) is 17.0 Å². The van der Waals surface area contributed by atoms with Gasteiger partial charge in [-0.1, -0.05) is 37.3 Å². The Kier molecular flexibility index (Phi) is 5.92. The van der Waals surface area contributed by atoms with Gasteiger partial charge in [0.05, 0.1) is 16.4 Å². The summed E-state index contributed by atoms with van der Waals surface area (Å²) >= 11 is 7.04. The van der Waals surface area contributed by atoms with Crippen molar-refractivity contribution in [2.75, 3.05) is 4.90 Å². The minimum Gasteiger partial charge on any atom is -0.487 e. The lowest BCUT2D eigenvalue weighted by atomic mass is 10.1. The SMILES string of the molecule is CCc1ccccc1N1C(=O)C(=Cc2ccc(OCc3csc(C)n3)cc2)NC1=S. The predicted octanol–water partition coefficient (Wildman–Crippen LogP) is 4.86. The molecule has 0 bridgehead atoms. The summed E-state index contributed by atoms with van der Waals surface area (Å²) in [6.07, 6.45) is 2.63. The Hall–Kier alpha value is -3.03. The molecule has 5 nitrogen and oxygen atoms in total. The molecule has 0 radical (unpaired) electrons. The Balaban J connectivity index is 1.48. The normalized spacial score (nSPS) is 15.0. The number of amides is 1. The minimum absolute atomic E-state index is 0.153. The van der Waals surface area contributed by atoms with Gasteiger partial charge in [0.1, 0.15) is 18.1 Å². The van der Waals surface area contributed by atoms with Gasteiger partial charge in [0, 0.05) is 5.38 Å². The number of benzene rings is 2. The van der Waals surface area contributed by atoms with E-state index in [-0.39, 0.29) is 5.91 Å². The number of nitrogens with zero attached hydrogens (tertiary/aromatic N) is 2. The van der Waals surface area contributed by atoms with Crippen molar-refractivity contribution in [3.63, 3.8) is 0 Å². The Morgan fingerprint density at radius 2 is 1.97 bits per heavy atom. The highest BCUT2D eigenvalue weighted by molar-refractivity contribution is 7.80. The largest absolute Gasteiger partial charge is 0.487 e. The van der Waals surface area contributed by atoms with E-state index >= 15 is 0 Å². The zero-order valence-electron chi connectivity index (χ0n) is 16.7. The van der Waals surface area contributed by atoms with Gasteiger partial charge >= 0.3 is 0 Å². The molecule has 3 aromatic rings. The monoisotopic (exact) mass is 435 g/mol.